The predicted molar refractivity (Wildman–Crippen MR) is 77.8 cm³/mol. The highest BCUT2D eigenvalue weighted by Crippen LogP contribution is 2.25. The van der Waals surface area contributed by atoms with Crippen molar-refractivity contribution < 1.29 is 4.79 Å². The van der Waals surface area contributed by atoms with Crippen LogP contribution in [0.2, 0.25) is 0 Å². The van der Waals surface area contributed by atoms with Crippen molar-refractivity contribution in [1.82, 2.24) is 4.90 Å². The summed E-state index contributed by atoms with van der Waals surface area (Å²) in [6.07, 6.45) is 1.19. The Balaban J connectivity index is 2.26. The van der Waals surface area contributed by atoms with E-state index in [4.69, 9.17) is 5.84 Å². The van der Waals surface area contributed by atoms with E-state index in [-0.39, 0.29) is 5.91 Å². The third-order valence-electron chi connectivity index (χ3n) is 3.72. The summed E-state index contributed by atoms with van der Waals surface area (Å²) in [4.78, 5) is 14.6. The van der Waals surface area contributed by atoms with Gasteiger partial charge in [0.1, 0.15) is 0 Å². The number of likely N-dealkylation sites (tertiary alicyclic amines) is 1. The molecule has 1 aromatic carbocycles. The van der Waals surface area contributed by atoms with E-state index in [1.54, 1.807) is 0 Å². The zero-order valence-electron chi connectivity index (χ0n) is 11.9. The standard InChI is InChI=1S/C15H23N3O/c1-10-4-5-14(17-16)13(7-10)15(19)18-8-11(2)6-12(3)9-18/h4-5,7,11-12,17H,6,8-9,16H2,1-3H3. The summed E-state index contributed by atoms with van der Waals surface area (Å²) in [5, 5.41) is 0. The number of hydrazine groups is 1. The molecular weight excluding hydrogens is 238 g/mol. The number of nitrogens with zero attached hydrogens (tertiary/aromatic N) is 1. The van der Waals surface area contributed by atoms with Gasteiger partial charge in [0.25, 0.3) is 5.91 Å². The van der Waals surface area contributed by atoms with Crippen molar-refractivity contribution in [2.45, 2.75) is 27.2 Å². The lowest BCUT2D eigenvalue weighted by Crippen LogP contribution is -2.42. The number of carbonyl (C=O) groups excluding carboxylic acids is 1. The quantitative estimate of drug-likeness (QED) is 0.635. The van der Waals surface area contributed by atoms with E-state index in [2.05, 4.69) is 19.3 Å². The highest BCUT2D eigenvalue weighted by Gasteiger charge is 2.27. The highest BCUT2D eigenvalue weighted by molar-refractivity contribution is 5.99. The van der Waals surface area contributed by atoms with Crippen molar-refractivity contribution in [1.29, 1.82) is 0 Å². The van der Waals surface area contributed by atoms with Gasteiger partial charge in [0.2, 0.25) is 0 Å². The van der Waals surface area contributed by atoms with Crippen molar-refractivity contribution in [2.24, 2.45) is 17.7 Å². The first-order chi connectivity index (χ1) is 9.01. The van der Waals surface area contributed by atoms with Gasteiger partial charge in [-0.15, -0.1) is 0 Å². The Morgan fingerprint density at radius 2 is 1.95 bits per heavy atom. The van der Waals surface area contributed by atoms with Crippen LogP contribution in [0, 0.1) is 18.8 Å². The van der Waals surface area contributed by atoms with Crippen LogP contribution in [0.3, 0.4) is 0 Å². The maximum Gasteiger partial charge on any atom is 0.256 e. The number of piperidine rings is 1. The molecule has 1 heterocycles. The molecule has 3 N–H and O–H groups in total. The molecule has 0 spiro atoms. The highest BCUT2D eigenvalue weighted by atomic mass is 16.2. The van der Waals surface area contributed by atoms with Gasteiger partial charge in [0, 0.05) is 13.1 Å². The molecule has 4 nitrogen and oxygen atoms in total. The van der Waals surface area contributed by atoms with Gasteiger partial charge >= 0.3 is 0 Å². The molecule has 2 rings (SSSR count). The molecule has 104 valence electrons. The molecule has 0 saturated carbocycles. The number of carbonyl (C=O) groups is 1. The van der Waals surface area contributed by atoms with E-state index in [0.29, 0.717) is 23.1 Å². The van der Waals surface area contributed by atoms with E-state index in [0.717, 1.165) is 18.7 Å². The molecule has 0 radical (unpaired) electrons. The van der Waals surface area contributed by atoms with Crippen molar-refractivity contribution in [3.63, 3.8) is 0 Å². The molecule has 1 aliphatic rings. The van der Waals surface area contributed by atoms with E-state index >= 15 is 0 Å². The Kier molecular flexibility index (Phi) is 4.10. The molecule has 2 atom stereocenters. The molecule has 0 aromatic heterocycles. The summed E-state index contributed by atoms with van der Waals surface area (Å²) in [7, 11) is 0. The predicted octanol–water partition coefficient (Wildman–Crippen LogP) is 2.40. The molecule has 0 aliphatic carbocycles. The van der Waals surface area contributed by atoms with Crippen LogP contribution in [0.15, 0.2) is 18.2 Å². The number of hydrogen-bond donors (Lipinski definition) is 2. The molecule has 1 fully saturated rings. The van der Waals surface area contributed by atoms with Gasteiger partial charge in [-0.25, -0.2) is 0 Å². The van der Waals surface area contributed by atoms with Crippen LogP contribution in [0.1, 0.15) is 36.2 Å². The van der Waals surface area contributed by atoms with Crippen molar-refractivity contribution in [3.8, 4) is 0 Å². The first kappa shape index (κ1) is 13.9. The number of aryl methyl sites for hydroxylation is 1. The van der Waals surface area contributed by atoms with Gasteiger partial charge in [-0.3, -0.25) is 10.6 Å². The number of amides is 1. The third-order valence-corrected chi connectivity index (χ3v) is 3.72. The SMILES string of the molecule is Cc1ccc(NN)c(C(=O)N2CC(C)CC(C)C2)c1. The Morgan fingerprint density at radius 3 is 2.53 bits per heavy atom. The van der Waals surface area contributed by atoms with Crippen LogP contribution < -0.4 is 11.3 Å². The van der Waals surface area contributed by atoms with Crippen LogP contribution in [0.4, 0.5) is 5.69 Å². The summed E-state index contributed by atoms with van der Waals surface area (Å²) in [5.41, 5.74) is 5.05. The van der Waals surface area contributed by atoms with Crippen LogP contribution in [0.5, 0.6) is 0 Å². The monoisotopic (exact) mass is 261 g/mol. The van der Waals surface area contributed by atoms with Crippen LogP contribution in [0.25, 0.3) is 0 Å². The second kappa shape index (κ2) is 5.61. The fourth-order valence-corrected chi connectivity index (χ4v) is 2.96. The van der Waals surface area contributed by atoms with E-state index < -0.39 is 0 Å². The maximum atomic E-state index is 12.7. The fourth-order valence-electron chi connectivity index (χ4n) is 2.96. The molecule has 2 unspecified atom stereocenters. The topological polar surface area (TPSA) is 58.4 Å². The molecule has 1 aromatic rings. The Bertz CT molecular complexity index is 462. The summed E-state index contributed by atoms with van der Waals surface area (Å²) >= 11 is 0. The minimum Gasteiger partial charge on any atom is -0.338 e. The Labute approximate surface area is 114 Å². The molecule has 1 aliphatic heterocycles. The first-order valence-corrected chi connectivity index (χ1v) is 6.87. The Morgan fingerprint density at radius 1 is 1.32 bits per heavy atom. The van der Waals surface area contributed by atoms with E-state index in [1.165, 1.54) is 6.42 Å². The number of nitrogens with two attached hydrogens (primary N) is 1. The number of nitrogens with one attached hydrogen (secondary N) is 1. The molecule has 4 heteroatoms. The van der Waals surface area contributed by atoms with Crippen LogP contribution in [-0.4, -0.2) is 23.9 Å². The van der Waals surface area contributed by atoms with Crippen LogP contribution >= 0.6 is 0 Å². The minimum atomic E-state index is 0.0788. The van der Waals surface area contributed by atoms with Gasteiger partial charge in [-0.05, 0) is 37.3 Å². The largest absolute Gasteiger partial charge is 0.338 e. The van der Waals surface area contributed by atoms with Gasteiger partial charge in [-0.1, -0.05) is 25.5 Å². The first-order valence-electron chi connectivity index (χ1n) is 6.87. The zero-order valence-corrected chi connectivity index (χ0v) is 11.9. The summed E-state index contributed by atoms with van der Waals surface area (Å²) < 4.78 is 0. The Hall–Kier alpha value is -1.55. The van der Waals surface area contributed by atoms with Crippen LogP contribution in [-0.2, 0) is 0 Å². The lowest BCUT2D eigenvalue weighted by Gasteiger charge is -2.35. The molecular formula is C15H23N3O. The molecule has 1 amide bonds. The molecule has 1 saturated heterocycles. The third kappa shape index (κ3) is 3.07. The zero-order chi connectivity index (χ0) is 14.0. The normalized spacial score (nSPS) is 23.3. The lowest BCUT2D eigenvalue weighted by molar-refractivity contribution is 0.0624. The fraction of sp³-hybridized carbons (Fsp3) is 0.533. The smallest absolute Gasteiger partial charge is 0.256 e. The summed E-state index contributed by atoms with van der Waals surface area (Å²) in [6, 6.07) is 5.72. The van der Waals surface area contributed by atoms with Crippen molar-refractivity contribution in [3.05, 3.63) is 29.3 Å². The summed E-state index contributed by atoms with van der Waals surface area (Å²) in [6.45, 7) is 8.06. The summed E-state index contributed by atoms with van der Waals surface area (Å²) in [5.74, 6) is 6.70. The lowest BCUT2D eigenvalue weighted by atomic mass is 9.91. The average molecular weight is 261 g/mol. The second-order valence-electron chi connectivity index (χ2n) is 5.85. The van der Waals surface area contributed by atoms with Gasteiger partial charge in [0.05, 0.1) is 11.3 Å². The number of benzene rings is 1. The number of rotatable bonds is 2. The van der Waals surface area contributed by atoms with Crippen molar-refractivity contribution in [2.75, 3.05) is 18.5 Å². The number of nitrogen functional groups attached to an aromatic ring is 1. The van der Waals surface area contributed by atoms with Gasteiger partial charge in [-0.2, -0.15) is 0 Å². The average Bonchev–Trinajstić information content (AvgIpc) is 2.36. The minimum absolute atomic E-state index is 0.0788. The molecule has 19 heavy (non-hydrogen) atoms. The van der Waals surface area contributed by atoms with E-state index in [1.807, 2.05) is 30.0 Å². The van der Waals surface area contributed by atoms with Gasteiger partial charge in [0.15, 0.2) is 0 Å². The van der Waals surface area contributed by atoms with Crippen molar-refractivity contribution >= 4 is 11.6 Å². The number of anilines is 1. The van der Waals surface area contributed by atoms with E-state index in [9.17, 15) is 4.79 Å². The number of hydrogen-bond acceptors (Lipinski definition) is 3. The van der Waals surface area contributed by atoms with Gasteiger partial charge < -0.3 is 10.3 Å². The second-order valence-corrected chi connectivity index (χ2v) is 5.85. The maximum absolute atomic E-state index is 12.7. The molecule has 0 bridgehead atoms.